The van der Waals surface area contributed by atoms with Gasteiger partial charge in [-0.15, -0.1) is 0 Å². The van der Waals surface area contributed by atoms with Crippen molar-refractivity contribution in [1.82, 2.24) is 0 Å². The molecule has 0 atom stereocenters. The summed E-state index contributed by atoms with van der Waals surface area (Å²) in [7, 11) is 1.80. The molecule has 2 saturated carbocycles. The van der Waals surface area contributed by atoms with Crippen LogP contribution in [-0.4, -0.2) is 25.8 Å². The van der Waals surface area contributed by atoms with Crippen molar-refractivity contribution in [2.45, 2.75) is 63.9 Å². The fourth-order valence-corrected chi connectivity index (χ4v) is 2.92. The molecule has 0 aromatic heterocycles. The summed E-state index contributed by atoms with van der Waals surface area (Å²) in [6.07, 6.45) is 14.8. The molecule has 0 spiro atoms. The fraction of sp³-hybridized carbons (Fsp3) is 0.824. The Morgan fingerprint density at radius 2 is 1.90 bits per heavy atom. The van der Waals surface area contributed by atoms with Gasteiger partial charge in [-0.25, -0.2) is 0 Å². The summed E-state index contributed by atoms with van der Waals surface area (Å²) in [5.74, 6) is 1.50. The monoisotopic (exact) mass is 280 g/mol. The van der Waals surface area contributed by atoms with E-state index in [9.17, 15) is 4.79 Å². The van der Waals surface area contributed by atoms with Crippen LogP contribution in [0.1, 0.15) is 57.8 Å². The molecule has 2 aliphatic carbocycles. The van der Waals surface area contributed by atoms with Crippen molar-refractivity contribution in [2.75, 3.05) is 13.7 Å². The first-order valence-electron chi connectivity index (χ1n) is 8.13. The van der Waals surface area contributed by atoms with Crippen LogP contribution >= 0.6 is 0 Å². The van der Waals surface area contributed by atoms with Crippen LogP contribution in [0.2, 0.25) is 0 Å². The Bertz CT molecular complexity index is 312. The first-order chi connectivity index (χ1) is 9.78. The summed E-state index contributed by atoms with van der Waals surface area (Å²) in [4.78, 5) is 11.5. The molecule has 3 nitrogen and oxygen atoms in total. The highest BCUT2D eigenvalue weighted by atomic mass is 16.5. The van der Waals surface area contributed by atoms with E-state index in [2.05, 4.69) is 6.08 Å². The van der Waals surface area contributed by atoms with Crippen LogP contribution in [0.15, 0.2) is 12.2 Å². The van der Waals surface area contributed by atoms with Crippen molar-refractivity contribution in [3.05, 3.63) is 12.2 Å². The number of esters is 1. The molecular weight excluding hydrogens is 252 g/mol. The maximum Gasteiger partial charge on any atom is 0.306 e. The standard InChI is InChI=1S/C17H28O3/c1-19-16-11-9-15(10-12-16)5-3-13-20-17(18)6-2-4-14-7-8-14/h3,5,14-16H,2,4,6-13H2,1H3/b5-3+. The van der Waals surface area contributed by atoms with E-state index >= 15 is 0 Å². The average Bonchev–Trinajstić information content (AvgIpc) is 3.28. The number of rotatable bonds is 8. The third-order valence-corrected chi connectivity index (χ3v) is 4.49. The van der Waals surface area contributed by atoms with Crippen LogP contribution < -0.4 is 0 Å². The molecule has 3 heteroatoms. The topological polar surface area (TPSA) is 35.5 Å². The largest absolute Gasteiger partial charge is 0.461 e. The molecule has 0 N–H and O–H groups in total. The second kappa shape index (κ2) is 8.46. The second-order valence-corrected chi connectivity index (χ2v) is 6.22. The van der Waals surface area contributed by atoms with Crippen LogP contribution in [0.3, 0.4) is 0 Å². The number of hydrogen-bond donors (Lipinski definition) is 0. The fourth-order valence-electron chi connectivity index (χ4n) is 2.92. The minimum Gasteiger partial charge on any atom is -0.461 e. The number of hydrogen-bond acceptors (Lipinski definition) is 3. The van der Waals surface area contributed by atoms with Gasteiger partial charge in [0.25, 0.3) is 0 Å². The Hall–Kier alpha value is -0.830. The second-order valence-electron chi connectivity index (χ2n) is 6.22. The Labute approximate surface area is 122 Å². The van der Waals surface area contributed by atoms with E-state index < -0.39 is 0 Å². The number of allylic oxidation sites excluding steroid dienone is 1. The highest BCUT2D eigenvalue weighted by Gasteiger charge is 2.21. The molecule has 2 fully saturated rings. The van der Waals surface area contributed by atoms with E-state index in [-0.39, 0.29) is 5.97 Å². The first-order valence-corrected chi connectivity index (χ1v) is 8.13. The smallest absolute Gasteiger partial charge is 0.306 e. The van der Waals surface area contributed by atoms with Crippen LogP contribution in [0.25, 0.3) is 0 Å². The highest BCUT2D eigenvalue weighted by Crippen LogP contribution is 2.33. The molecule has 2 aliphatic rings. The SMILES string of the molecule is COC1CCC(/C=C/COC(=O)CCCC2CC2)CC1. The van der Waals surface area contributed by atoms with Crippen molar-refractivity contribution in [2.24, 2.45) is 11.8 Å². The van der Waals surface area contributed by atoms with Crippen LogP contribution in [-0.2, 0) is 14.3 Å². The number of carbonyl (C=O) groups excluding carboxylic acids is 1. The van der Waals surface area contributed by atoms with E-state index in [1.54, 1.807) is 7.11 Å². The lowest BCUT2D eigenvalue weighted by atomic mass is 9.87. The van der Waals surface area contributed by atoms with Gasteiger partial charge in [-0.1, -0.05) is 25.0 Å². The zero-order chi connectivity index (χ0) is 14.2. The Morgan fingerprint density at radius 1 is 1.15 bits per heavy atom. The predicted molar refractivity (Wildman–Crippen MR) is 79.4 cm³/mol. The van der Waals surface area contributed by atoms with Crippen molar-refractivity contribution >= 4 is 5.97 Å². The molecular formula is C17H28O3. The van der Waals surface area contributed by atoms with Gasteiger partial charge in [0.05, 0.1) is 6.10 Å². The zero-order valence-corrected chi connectivity index (χ0v) is 12.7. The molecule has 0 amide bonds. The van der Waals surface area contributed by atoms with Crippen LogP contribution in [0.5, 0.6) is 0 Å². The minimum absolute atomic E-state index is 0.0432. The summed E-state index contributed by atoms with van der Waals surface area (Å²) in [6.45, 7) is 0.437. The first kappa shape index (κ1) is 15.6. The highest BCUT2D eigenvalue weighted by molar-refractivity contribution is 5.69. The maximum atomic E-state index is 11.5. The van der Waals surface area contributed by atoms with E-state index in [0.717, 1.165) is 25.2 Å². The van der Waals surface area contributed by atoms with Crippen LogP contribution in [0, 0.1) is 11.8 Å². The Balaban J connectivity index is 1.49. The van der Waals surface area contributed by atoms with E-state index in [1.807, 2.05) is 6.08 Å². The quantitative estimate of drug-likeness (QED) is 0.500. The Kier molecular flexibility index (Phi) is 6.58. The summed E-state index contributed by atoms with van der Waals surface area (Å²) in [5, 5.41) is 0. The van der Waals surface area contributed by atoms with E-state index in [4.69, 9.17) is 9.47 Å². The normalized spacial score (nSPS) is 26.9. The van der Waals surface area contributed by atoms with E-state index in [1.165, 1.54) is 32.1 Å². The predicted octanol–water partition coefficient (Wildman–Crippen LogP) is 3.87. The van der Waals surface area contributed by atoms with Crippen LogP contribution in [0.4, 0.5) is 0 Å². The Morgan fingerprint density at radius 3 is 2.55 bits per heavy atom. The molecule has 0 radical (unpaired) electrons. The van der Waals surface area contributed by atoms with Crippen molar-refractivity contribution < 1.29 is 14.3 Å². The molecule has 0 aromatic carbocycles. The third-order valence-electron chi connectivity index (χ3n) is 4.49. The molecule has 2 rings (SSSR count). The molecule has 0 aliphatic heterocycles. The van der Waals surface area contributed by atoms with Gasteiger partial charge in [-0.3, -0.25) is 4.79 Å². The lowest BCUT2D eigenvalue weighted by molar-refractivity contribution is -0.142. The maximum absolute atomic E-state index is 11.5. The summed E-state index contributed by atoms with van der Waals surface area (Å²) in [5.41, 5.74) is 0. The summed E-state index contributed by atoms with van der Waals surface area (Å²) >= 11 is 0. The summed E-state index contributed by atoms with van der Waals surface area (Å²) < 4.78 is 10.6. The number of ether oxygens (including phenoxy) is 2. The van der Waals surface area contributed by atoms with Gasteiger partial charge in [-0.05, 0) is 50.4 Å². The van der Waals surface area contributed by atoms with Gasteiger partial charge in [0, 0.05) is 13.5 Å². The molecule has 0 bridgehead atoms. The molecule has 0 aromatic rings. The van der Waals surface area contributed by atoms with E-state index in [0.29, 0.717) is 25.0 Å². The average molecular weight is 280 g/mol. The van der Waals surface area contributed by atoms with Gasteiger partial charge < -0.3 is 9.47 Å². The van der Waals surface area contributed by atoms with Gasteiger partial charge in [-0.2, -0.15) is 0 Å². The van der Waals surface area contributed by atoms with Crippen molar-refractivity contribution in [1.29, 1.82) is 0 Å². The van der Waals surface area contributed by atoms with Gasteiger partial charge >= 0.3 is 5.97 Å². The van der Waals surface area contributed by atoms with Gasteiger partial charge in [0.1, 0.15) is 6.61 Å². The van der Waals surface area contributed by atoms with Gasteiger partial charge in [0.15, 0.2) is 0 Å². The van der Waals surface area contributed by atoms with Crippen molar-refractivity contribution in [3.8, 4) is 0 Å². The summed E-state index contributed by atoms with van der Waals surface area (Å²) in [6, 6.07) is 0. The van der Waals surface area contributed by atoms with Crippen molar-refractivity contribution in [3.63, 3.8) is 0 Å². The minimum atomic E-state index is -0.0432. The lowest BCUT2D eigenvalue weighted by Crippen LogP contribution is -2.19. The number of carbonyl (C=O) groups is 1. The third kappa shape index (κ3) is 6.08. The molecule has 0 saturated heterocycles. The lowest BCUT2D eigenvalue weighted by Gasteiger charge is -2.25. The molecule has 0 unspecified atom stereocenters. The zero-order valence-electron chi connectivity index (χ0n) is 12.7. The molecule has 0 heterocycles. The van der Waals surface area contributed by atoms with Gasteiger partial charge in [0.2, 0.25) is 0 Å². The molecule has 114 valence electrons. The number of methoxy groups -OCH3 is 1. The molecule has 20 heavy (non-hydrogen) atoms.